The number of rotatable bonds is 9. The monoisotopic (exact) mass is 480 g/mol. The Balaban J connectivity index is 1.66. The molecule has 1 amide bonds. The lowest BCUT2D eigenvalue weighted by Crippen LogP contribution is -2.41. The summed E-state index contributed by atoms with van der Waals surface area (Å²) in [7, 11) is -7.16. The predicted octanol–water partition coefficient (Wildman–Crippen LogP) is 1.86. The third-order valence-corrected chi connectivity index (χ3v) is 9.07. The first-order valence-electron chi connectivity index (χ1n) is 10.5. The van der Waals surface area contributed by atoms with Crippen LogP contribution in [0.25, 0.3) is 0 Å². The smallest absolute Gasteiger partial charge is 0.251 e. The van der Waals surface area contributed by atoms with Gasteiger partial charge in [0.2, 0.25) is 10.0 Å². The average molecular weight is 481 g/mol. The number of amides is 1. The van der Waals surface area contributed by atoms with E-state index in [1.807, 2.05) is 6.92 Å². The van der Waals surface area contributed by atoms with Gasteiger partial charge in [0.15, 0.2) is 9.84 Å². The van der Waals surface area contributed by atoms with E-state index < -0.39 is 25.8 Å². The number of nitrogens with zero attached hydrogens (tertiary/aromatic N) is 1. The zero-order valence-electron chi connectivity index (χ0n) is 18.0. The van der Waals surface area contributed by atoms with E-state index in [1.165, 1.54) is 10.4 Å². The number of benzene rings is 2. The molecule has 32 heavy (non-hydrogen) atoms. The van der Waals surface area contributed by atoms with Gasteiger partial charge in [-0.15, -0.1) is 0 Å². The maximum atomic E-state index is 13.1. The molecule has 2 aromatic rings. The van der Waals surface area contributed by atoms with Gasteiger partial charge in [0.05, 0.1) is 28.8 Å². The van der Waals surface area contributed by atoms with Crippen LogP contribution in [0.2, 0.25) is 0 Å². The Morgan fingerprint density at radius 2 is 1.72 bits per heavy atom. The number of carbonyl (C=O) groups is 1. The molecule has 0 spiro atoms. The Morgan fingerprint density at radius 1 is 1.03 bits per heavy atom. The predicted molar refractivity (Wildman–Crippen MR) is 121 cm³/mol. The summed E-state index contributed by atoms with van der Waals surface area (Å²) in [4.78, 5) is 13.0. The number of aryl methyl sites for hydroxylation is 1. The Hall–Kier alpha value is -2.27. The highest BCUT2D eigenvalue weighted by molar-refractivity contribution is 7.91. The molecule has 1 fully saturated rings. The van der Waals surface area contributed by atoms with Crippen LogP contribution >= 0.6 is 0 Å². The van der Waals surface area contributed by atoms with Crippen LogP contribution in [0.5, 0.6) is 0 Å². The zero-order valence-corrected chi connectivity index (χ0v) is 19.6. The van der Waals surface area contributed by atoms with Gasteiger partial charge in [-0.3, -0.25) is 4.79 Å². The lowest BCUT2D eigenvalue weighted by Gasteiger charge is -2.27. The lowest BCUT2D eigenvalue weighted by molar-refractivity contribution is 0.0730. The fraction of sp³-hybridized carbons (Fsp3) is 0.409. The number of ether oxygens (including phenoxy) is 1. The molecule has 1 aliphatic heterocycles. The summed E-state index contributed by atoms with van der Waals surface area (Å²) in [5, 5.41) is 2.69. The van der Waals surface area contributed by atoms with Crippen LogP contribution in [-0.4, -0.2) is 65.6 Å². The van der Waals surface area contributed by atoms with Crippen molar-refractivity contribution < 1.29 is 26.4 Å². The van der Waals surface area contributed by atoms with Crippen LogP contribution in [0.3, 0.4) is 0 Å². The molecule has 0 aromatic heterocycles. The maximum absolute atomic E-state index is 13.1. The van der Waals surface area contributed by atoms with E-state index in [4.69, 9.17) is 4.74 Å². The molecule has 1 heterocycles. The van der Waals surface area contributed by atoms with E-state index in [9.17, 15) is 21.6 Å². The van der Waals surface area contributed by atoms with Gasteiger partial charge in [0, 0.05) is 25.2 Å². The summed E-state index contributed by atoms with van der Waals surface area (Å²) in [5.74, 6) is -0.536. The van der Waals surface area contributed by atoms with E-state index in [-0.39, 0.29) is 47.2 Å². The number of carbonyl (C=O) groups excluding carboxylic acids is 1. The van der Waals surface area contributed by atoms with Gasteiger partial charge < -0.3 is 10.1 Å². The van der Waals surface area contributed by atoms with Gasteiger partial charge in [0.1, 0.15) is 0 Å². The van der Waals surface area contributed by atoms with Gasteiger partial charge in [0.25, 0.3) is 5.91 Å². The highest BCUT2D eigenvalue weighted by Crippen LogP contribution is 2.23. The van der Waals surface area contributed by atoms with Crippen molar-refractivity contribution in [3.8, 4) is 0 Å². The molecule has 10 heteroatoms. The summed E-state index contributed by atoms with van der Waals surface area (Å²) < 4.78 is 57.5. The molecule has 8 nitrogen and oxygen atoms in total. The van der Waals surface area contributed by atoms with Crippen LogP contribution in [0.4, 0.5) is 0 Å². The Labute approximate surface area is 189 Å². The molecule has 0 radical (unpaired) electrons. The van der Waals surface area contributed by atoms with Crippen molar-refractivity contribution in [2.24, 2.45) is 0 Å². The van der Waals surface area contributed by atoms with Crippen molar-refractivity contribution in [2.75, 3.05) is 38.6 Å². The minimum atomic E-state index is -3.74. The number of hydrogen-bond acceptors (Lipinski definition) is 6. The van der Waals surface area contributed by atoms with Crippen LogP contribution < -0.4 is 5.32 Å². The van der Waals surface area contributed by atoms with Gasteiger partial charge >= 0.3 is 0 Å². The molecular weight excluding hydrogens is 452 g/mol. The summed E-state index contributed by atoms with van der Waals surface area (Å²) in [6.45, 7) is 3.25. The largest absolute Gasteiger partial charge is 0.379 e. The lowest BCUT2D eigenvalue weighted by atomic mass is 10.1. The number of morpholine rings is 1. The number of sulfonamides is 1. The molecule has 1 aliphatic rings. The van der Waals surface area contributed by atoms with E-state index in [1.54, 1.807) is 42.5 Å². The third-order valence-electron chi connectivity index (χ3n) is 5.28. The Kier molecular flexibility index (Phi) is 8.05. The number of sulfone groups is 1. The zero-order chi connectivity index (χ0) is 23.2. The molecule has 3 rings (SSSR count). The third kappa shape index (κ3) is 5.74. The molecule has 1 saturated heterocycles. The highest BCUT2D eigenvalue weighted by atomic mass is 32.2. The standard InChI is InChI=1S/C22H28N2O6S2/c1-2-18-9-10-19(17-21(18)32(28,29)24-12-14-30-15-13-24)22(25)23-11-6-16-31(26,27)20-7-4-3-5-8-20/h3-5,7-10,17H,2,6,11-16H2,1H3,(H,23,25). The summed E-state index contributed by atoms with van der Waals surface area (Å²) >= 11 is 0. The number of hydrogen-bond donors (Lipinski definition) is 1. The quantitative estimate of drug-likeness (QED) is 0.549. The number of nitrogens with one attached hydrogen (secondary N) is 1. The van der Waals surface area contributed by atoms with Crippen molar-refractivity contribution in [3.63, 3.8) is 0 Å². The summed E-state index contributed by atoms with van der Waals surface area (Å²) in [5.41, 5.74) is 0.863. The first kappa shape index (κ1) is 24.4. The van der Waals surface area contributed by atoms with Gasteiger partial charge in [-0.1, -0.05) is 31.2 Å². The first-order chi connectivity index (χ1) is 15.3. The maximum Gasteiger partial charge on any atom is 0.251 e. The van der Waals surface area contributed by atoms with Crippen LogP contribution in [0.15, 0.2) is 58.3 Å². The summed E-state index contributed by atoms with van der Waals surface area (Å²) in [6, 6.07) is 12.8. The summed E-state index contributed by atoms with van der Waals surface area (Å²) in [6.07, 6.45) is 0.757. The second-order valence-electron chi connectivity index (χ2n) is 7.43. The highest BCUT2D eigenvalue weighted by Gasteiger charge is 2.29. The van der Waals surface area contributed by atoms with Crippen molar-refractivity contribution in [1.29, 1.82) is 0 Å². The van der Waals surface area contributed by atoms with E-state index in [0.29, 0.717) is 25.2 Å². The van der Waals surface area contributed by atoms with E-state index >= 15 is 0 Å². The van der Waals surface area contributed by atoms with E-state index in [2.05, 4.69) is 5.32 Å². The van der Waals surface area contributed by atoms with Crippen LogP contribution in [-0.2, 0) is 31.0 Å². The normalized spacial score (nSPS) is 15.4. The molecule has 2 aromatic carbocycles. The molecule has 0 saturated carbocycles. The van der Waals surface area contributed by atoms with Crippen molar-refractivity contribution in [3.05, 3.63) is 59.7 Å². The molecule has 1 N–H and O–H groups in total. The molecule has 0 atom stereocenters. The SMILES string of the molecule is CCc1ccc(C(=O)NCCCS(=O)(=O)c2ccccc2)cc1S(=O)(=O)N1CCOCC1. The van der Waals surface area contributed by atoms with Crippen LogP contribution in [0, 0.1) is 0 Å². The van der Waals surface area contributed by atoms with Crippen molar-refractivity contribution >= 4 is 25.8 Å². The Bertz CT molecular complexity index is 1140. The van der Waals surface area contributed by atoms with Gasteiger partial charge in [-0.25, -0.2) is 16.8 Å². The average Bonchev–Trinajstić information content (AvgIpc) is 2.82. The Morgan fingerprint density at radius 3 is 2.38 bits per heavy atom. The fourth-order valence-corrected chi connectivity index (χ4v) is 6.53. The molecule has 0 bridgehead atoms. The second kappa shape index (κ2) is 10.6. The van der Waals surface area contributed by atoms with Gasteiger partial charge in [-0.05, 0) is 42.7 Å². The van der Waals surface area contributed by atoms with Gasteiger partial charge in [-0.2, -0.15) is 4.31 Å². The second-order valence-corrected chi connectivity index (χ2v) is 11.4. The van der Waals surface area contributed by atoms with Crippen LogP contribution in [0.1, 0.15) is 29.3 Å². The topological polar surface area (TPSA) is 110 Å². The van der Waals surface area contributed by atoms with Crippen molar-refractivity contribution in [1.82, 2.24) is 9.62 Å². The fourth-order valence-electron chi connectivity index (χ4n) is 3.47. The molecule has 174 valence electrons. The molecular formula is C22H28N2O6S2. The van der Waals surface area contributed by atoms with Crippen molar-refractivity contribution in [2.45, 2.75) is 29.6 Å². The molecule has 0 unspecified atom stereocenters. The van der Waals surface area contributed by atoms with E-state index in [0.717, 1.165) is 0 Å². The minimum Gasteiger partial charge on any atom is -0.379 e. The first-order valence-corrected chi connectivity index (χ1v) is 13.6. The molecule has 0 aliphatic carbocycles. The minimum absolute atomic E-state index is 0.0945.